The highest BCUT2D eigenvalue weighted by Crippen LogP contribution is 2.20. The Morgan fingerprint density at radius 2 is 1.88 bits per heavy atom. The number of rotatable bonds is 4. The number of pyridine rings is 1. The zero-order chi connectivity index (χ0) is 16.9. The third-order valence-corrected chi connectivity index (χ3v) is 5.12. The van der Waals surface area contributed by atoms with E-state index in [0.29, 0.717) is 13.2 Å². The molecule has 6 nitrogen and oxygen atoms in total. The van der Waals surface area contributed by atoms with E-state index < -0.39 is 6.04 Å². The van der Waals surface area contributed by atoms with Gasteiger partial charge in [-0.25, -0.2) is 4.98 Å². The second-order valence-electron chi connectivity index (χ2n) is 6.88. The minimum atomic E-state index is -0.412. The minimum absolute atomic E-state index is 0. The summed E-state index contributed by atoms with van der Waals surface area (Å²) in [6.45, 7) is 5.26. The SMILES string of the molecule is Cc1cccc(N2CCC(NC(=O)C(N)C3CCOCC3)CC2)n1.Cl.Cl. The molecule has 1 amide bonds. The summed E-state index contributed by atoms with van der Waals surface area (Å²) < 4.78 is 5.34. The monoisotopic (exact) mass is 404 g/mol. The smallest absolute Gasteiger partial charge is 0.237 e. The summed E-state index contributed by atoms with van der Waals surface area (Å²) in [6, 6.07) is 5.90. The lowest BCUT2D eigenvalue weighted by molar-refractivity contribution is -0.125. The molecule has 0 radical (unpaired) electrons. The second-order valence-corrected chi connectivity index (χ2v) is 6.88. The number of ether oxygens (including phenoxy) is 1. The van der Waals surface area contributed by atoms with Crippen LogP contribution in [-0.2, 0) is 9.53 Å². The first-order valence-electron chi connectivity index (χ1n) is 8.96. The maximum absolute atomic E-state index is 12.4. The number of aromatic nitrogens is 1. The minimum Gasteiger partial charge on any atom is -0.381 e. The van der Waals surface area contributed by atoms with Crippen LogP contribution in [0, 0.1) is 12.8 Å². The Balaban J connectivity index is 0.00000169. The lowest BCUT2D eigenvalue weighted by Crippen LogP contribution is -2.52. The van der Waals surface area contributed by atoms with E-state index >= 15 is 0 Å². The molecule has 3 N–H and O–H groups in total. The summed E-state index contributed by atoms with van der Waals surface area (Å²) in [5.41, 5.74) is 7.19. The van der Waals surface area contributed by atoms with Gasteiger partial charge in [-0.2, -0.15) is 0 Å². The van der Waals surface area contributed by atoms with Gasteiger partial charge in [-0.1, -0.05) is 6.07 Å². The lowest BCUT2D eigenvalue weighted by atomic mass is 9.91. The van der Waals surface area contributed by atoms with Gasteiger partial charge in [-0.3, -0.25) is 4.79 Å². The third-order valence-electron chi connectivity index (χ3n) is 5.12. The number of anilines is 1. The summed E-state index contributed by atoms with van der Waals surface area (Å²) in [5, 5.41) is 3.15. The Bertz CT molecular complexity index is 562. The predicted molar refractivity (Wildman–Crippen MR) is 108 cm³/mol. The van der Waals surface area contributed by atoms with Crippen LogP contribution in [0.4, 0.5) is 5.82 Å². The van der Waals surface area contributed by atoms with Crippen molar-refractivity contribution in [2.24, 2.45) is 11.7 Å². The van der Waals surface area contributed by atoms with E-state index in [1.54, 1.807) is 0 Å². The molecule has 26 heavy (non-hydrogen) atoms. The van der Waals surface area contributed by atoms with Crippen LogP contribution in [0.3, 0.4) is 0 Å². The normalized spacial score (nSPS) is 19.8. The highest BCUT2D eigenvalue weighted by Gasteiger charge is 2.29. The van der Waals surface area contributed by atoms with Gasteiger partial charge in [0.25, 0.3) is 0 Å². The molecule has 3 heterocycles. The molecule has 1 aromatic heterocycles. The summed E-state index contributed by atoms with van der Waals surface area (Å²) in [6.07, 6.45) is 3.63. The molecule has 1 atom stereocenters. The van der Waals surface area contributed by atoms with Crippen LogP contribution in [-0.4, -0.2) is 49.3 Å². The number of halogens is 2. The molecule has 8 heteroatoms. The van der Waals surface area contributed by atoms with Crippen molar-refractivity contribution in [2.45, 2.75) is 44.7 Å². The fourth-order valence-electron chi connectivity index (χ4n) is 3.54. The molecule has 2 aliphatic heterocycles. The first-order chi connectivity index (χ1) is 11.6. The number of hydrogen-bond donors (Lipinski definition) is 2. The van der Waals surface area contributed by atoms with E-state index in [9.17, 15) is 4.79 Å². The van der Waals surface area contributed by atoms with Gasteiger partial charge in [-0.05, 0) is 50.7 Å². The molecule has 1 aromatic rings. The molecule has 1 unspecified atom stereocenters. The Hall–Kier alpha value is -1.08. The average molecular weight is 405 g/mol. The highest BCUT2D eigenvalue weighted by atomic mass is 35.5. The molecule has 3 rings (SSSR count). The van der Waals surface area contributed by atoms with Crippen molar-refractivity contribution in [3.05, 3.63) is 23.9 Å². The summed E-state index contributed by atoms with van der Waals surface area (Å²) >= 11 is 0. The zero-order valence-corrected chi connectivity index (χ0v) is 16.9. The van der Waals surface area contributed by atoms with Crippen LogP contribution in [0.5, 0.6) is 0 Å². The predicted octanol–water partition coefficient (Wildman–Crippen LogP) is 2.07. The number of piperidine rings is 1. The van der Waals surface area contributed by atoms with Crippen LogP contribution in [0.15, 0.2) is 18.2 Å². The Morgan fingerprint density at radius 1 is 1.23 bits per heavy atom. The maximum atomic E-state index is 12.4. The first kappa shape index (κ1) is 23.0. The zero-order valence-electron chi connectivity index (χ0n) is 15.2. The van der Waals surface area contributed by atoms with Crippen LogP contribution in [0.2, 0.25) is 0 Å². The van der Waals surface area contributed by atoms with Gasteiger partial charge >= 0.3 is 0 Å². The van der Waals surface area contributed by atoms with Crippen molar-refractivity contribution in [2.75, 3.05) is 31.2 Å². The van der Waals surface area contributed by atoms with E-state index in [-0.39, 0.29) is 42.7 Å². The van der Waals surface area contributed by atoms with Gasteiger partial charge in [0.05, 0.1) is 6.04 Å². The molecule has 2 saturated heterocycles. The van der Waals surface area contributed by atoms with Crippen LogP contribution in [0.1, 0.15) is 31.4 Å². The fourth-order valence-corrected chi connectivity index (χ4v) is 3.54. The number of aryl methyl sites for hydroxylation is 1. The molecule has 148 valence electrons. The number of carbonyl (C=O) groups is 1. The van der Waals surface area contributed by atoms with Gasteiger partial charge in [0.2, 0.25) is 5.91 Å². The molecule has 0 bridgehead atoms. The van der Waals surface area contributed by atoms with Crippen molar-refractivity contribution in [1.29, 1.82) is 0 Å². The summed E-state index contributed by atoms with van der Waals surface area (Å²) in [4.78, 5) is 19.3. The molecular weight excluding hydrogens is 375 g/mol. The number of nitrogens with zero attached hydrogens (tertiary/aromatic N) is 2. The molecule has 0 aromatic carbocycles. The van der Waals surface area contributed by atoms with E-state index in [1.807, 2.05) is 25.1 Å². The van der Waals surface area contributed by atoms with Gasteiger partial charge in [-0.15, -0.1) is 24.8 Å². The highest BCUT2D eigenvalue weighted by molar-refractivity contribution is 5.85. The summed E-state index contributed by atoms with van der Waals surface area (Å²) in [5.74, 6) is 1.27. The number of nitrogens with one attached hydrogen (secondary N) is 1. The lowest BCUT2D eigenvalue weighted by Gasteiger charge is -2.34. The molecule has 2 fully saturated rings. The number of hydrogen-bond acceptors (Lipinski definition) is 5. The van der Waals surface area contributed by atoms with E-state index in [1.165, 1.54) is 0 Å². The molecule has 2 aliphatic rings. The third kappa shape index (κ3) is 5.98. The van der Waals surface area contributed by atoms with Crippen molar-refractivity contribution in [1.82, 2.24) is 10.3 Å². The average Bonchev–Trinajstić information content (AvgIpc) is 2.62. The van der Waals surface area contributed by atoms with E-state index in [4.69, 9.17) is 10.5 Å². The molecular formula is C18H30Cl2N4O2. The fraction of sp³-hybridized carbons (Fsp3) is 0.667. The number of carbonyl (C=O) groups excluding carboxylic acids is 1. The van der Waals surface area contributed by atoms with E-state index in [0.717, 1.165) is 50.3 Å². The first-order valence-corrected chi connectivity index (χ1v) is 8.96. The van der Waals surface area contributed by atoms with Gasteiger partial charge in [0.1, 0.15) is 5.82 Å². The van der Waals surface area contributed by atoms with Crippen LogP contribution in [0.25, 0.3) is 0 Å². The molecule has 0 aliphatic carbocycles. The van der Waals surface area contributed by atoms with Crippen LogP contribution >= 0.6 is 24.8 Å². The van der Waals surface area contributed by atoms with Crippen LogP contribution < -0.4 is 16.0 Å². The Labute approximate surface area is 168 Å². The summed E-state index contributed by atoms with van der Waals surface area (Å²) in [7, 11) is 0. The van der Waals surface area contributed by atoms with Gasteiger partial charge in [0.15, 0.2) is 0 Å². The standard InChI is InChI=1S/C18H28N4O2.2ClH/c1-13-3-2-4-16(20-13)22-9-5-15(6-10-22)21-18(23)17(19)14-7-11-24-12-8-14;;/h2-4,14-15,17H,5-12,19H2,1H3,(H,21,23);2*1H. The Morgan fingerprint density at radius 3 is 2.50 bits per heavy atom. The molecule has 0 saturated carbocycles. The van der Waals surface area contributed by atoms with E-state index in [2.05, 4.69) is 15.2 Å². The van der Waals surface area contributed by atoms with Crippen molar-refractivity contribution < 1.29 is 9.53 Å². The largest absolute Gasteiger partial charge is 0.381 e. The van der Waals surface area contributed by atoms with Crippen molar-refractivity contribution in [3.63, 3.8) is 0 Å². The quantitative estimate of drug-likeness (QED) is 0.802. The van der Waals surface area contributed by atoms with Gasteiger partial charge < -0.3 is 20.7 Å². The van der Waals surface area contributed by atoms with Crippen molar-refractivity contribution in [3.8, 4) is 0 Å². The number of amides is 1. The van der Waals surface area contributed by atoms with Gasteiger partial charge in [0, 0.05) is 38.0 Å². The second kappa shape index (κ2) is 10.9. The Kier molecular flexibility index (Phi) is 9.64. The number of nitrogens with two attached hydrogens (primary N) is 1. The topological polar surface area (TPSA) is 80.5 Å². The van der Waals surface area contributed by atoms with Crippen molar-refractivity contribution >= 4 is 36.5 Å². The molecule has 0 spiro atoms. The maximum Gasteiger partial charge on any atom is 0.237 e.